The lowest BCUT2D eigenvalue weighted by atomic mass is 10.00. The van der Waals surface area contributed by atoms with Gasteiger partial charge in [0.15, 0.2) is 0 Å². The number of nitrogens with zero attached hydrogens (tertiary/aromatic N) is 2. The zero-order valence-corrected chi connectivity index (χ0v) is 10.9. The van der Waals surface area contributed by atoms with E-state index >= 15 is 0 Å². The molecule has 0 saturated carbocycles. The van der Waals surface area contributed by atoms with Crippen molar-refractivity contribution >= 4 is 39.1 Å². The highest BCUT2D eigenvalue weighted by Crippen LogP contribution is 2.31. The Kier molecular flexibility index (Phi) is 3.83. The van der Waals surface area contributed by atoms with Gasteiger partial charge >= 0.3 is 0 Å². The summed E-state index contributed by atoms with van der Waals surface area (Å²) in [6.07, 6.45) is 1.85. The Morgan fingerprint density at radius 2 is 1.67 bits per heavy atom. The van der Waals surface area contributed by atoms with Gasteiger partial charge in [-0.1, -0.05) is 23.2 Å². The highest BCUT2D eigenvalue weighted by Gasteiger charge is 2.20. The fraction of sp³-hybridized carbons (Fsp3) is 0.556. The predicted octanol–water partition coefficient (Wildman–Crippen LogP) is 3.44. The molecule has 82 valence electrons. The standard InChI is InChI=1S/C9H9BrCl2N2O/c10-6-7(11)13-9(14-8(6)12)5-1-3-15-4-2-5/h5H,1-4H2. The van der Waals surface area contributed by atoms with E-state index in [0.717, 1.165) is 31.9 Å². The van der Waals surface area contributed by atoms with Gasteiger partial charge in [0.2, 0.25) is 0 Å². The molecule has 0 radical (unpaired) electrons. The van der Waals surface area contributed by atoms with Gasteiger partial charge in [0.25, 0.3) is 0 Å². The van der Waals surface area contributed by atoms with Crippen LogP contribution in [-0.2, 0) is 4.74 Å². The van der Waals surface area contributed by atoms with Crippen molar-refractivity contribution in [1.29, 1.82) is 0 Å². The largest absolute Gasteiger partial charge is 0.381 e. The van der Waals surface area contributed by atoms with E-state index in [1.807, 2.05) is 0 Å². The Hall–Kier alpha value is 0.1000. The zero-order valence-electron chi connectivity index (χ0n) is 7.84. The summed E-state index contributed by atoms with van der Waals surface area (Å²) in [4.78, 5) is 8.45. The number of ether oxygens (including phenoxy) is 1. The molecule has 0 unspecified atom stereocenters. The van der Waals surface area contributed by atoms with Gasteiger partial charge in [0, 0.05) is 19.1 Å². The Morgan fingerprint density at radius 1 is 1.13 bits per heavy atom. The van der Waals surface area contributed by atoms with Crippen molar-refractivity contribution in [2.75, 3.05) is 13.2 Å². The summed E-state index contributed by atoms with van der Waals surface area (Å²) in [6, 6.07) is 0. The average Bonchev–Trinajstić information content (AvgIpc) is 2.26. The molecule has 1 saturated heterocycles. The average molecular weight is 312 g/mol. The Bertz CT molecular complexity index is 346. The maximum Gasteiger partial charge on any atom is 0.148 e. The van der Waals surface area contributed by atoms with Crippen LogP contribution >= 0.6 is 39.1 Å². The van der Waals surface area contributed by atoms with Gasteiger partial charge in [-0.05, 0) is 28.8 Å². The predicted molar refractivity (Wildman–Crippen MR) is 62.5 cm³/mol. The van der Waals surface area contributed by atoms with Crippen molar-refractivity contribution in [3.05, 3.63) is 20.6 Å². The van der Waals surface area contributed by atoms with E-state index in [9.17, 15) is 0 Å². The van der Waals surface area contributed by atoms with Crippen LogP contribution < -0.4 is 0 Å². The van der Waals surface area contributed by atoms with Crippen LogP contribution in [0.4, 0.5) is 0 Å². The van der Waals surface area contributed by atoms with Crippen molar-refractivity contribution < 1.29 is 4.74 Å². The lowest BCUT2D eigenvalue weighted by molar-refractivity contribution is 0.0836. The van der Waals surface area contributed by atoms with Crippen LogP contribution in [0.15, 0.2) is 4.47 Å². The minimum Gasteiger partial charge on any atom is -0.381 e. The molecule has 6 heteroatoms. The number of hydrogen-bond donors (Lipinski definition) is 0. The minimum atomic E-state index is 0.307. The lowest BCUT2D eigenvalue weighted by Gasteiger charge is -2.20. The summed E-state index contributed by atoms with van der Waals surface area (Å²) in [5, 5.41) is 0.744. The summed E-state index contributed by atoms with van der Waals surface area (Å²) >= 11 is 15.1. The van der Waals surface area contributed by atoms with Crippen LogP contribution in [0, 0.1) is 0 Å². The van der Waals surface area contributed by atoms with Gasteiger partial charge in [-0.15, -0.1) is 0 Å². The molecule has 0 amide bonds. The maximum atomic E-state index is 5.92. The molecule has 2 rings (SSSR count). The van der Waals surface area contributed by atoms with Crippen LogP contribution in [0.25, 0.3) is 0 Å². The molecule has 0 N–H and O–H groups in total. The van der Waals surface area contributed by atoms with Crippen LogP contribution in [0.2, 0.25) is 10.3 Å². The molecule has 3 nitrogen and oxygen atoms in total. The summed E-state index contributed by atoms with van der Waals surface area (Å²) in [6.45, 7) is 1.50. The third kappa shape index (κ3) is 2.61. The molecular formula is C9H9BrCl2N2O. The molecule has 0 aromatic carbocycles. The van der Waals surface area contributed by atoms with Gasteiger partial charge in [0.1, 0.15) is 16.1 Å². The molecule has 1 fully saturated rings. The van der Waals surface area contributed by atoms with Crippen LogP contribution in [0.1, 0.15) is 24.6 Å². The van der Waals surface area contributed by atoms with E-state index in [0.29, 0.717) is 20.7 Å². The summed E-state index contributed by atoms with van der Waals surface area (Å²) < 4.78 is 5.83. The highest BCUT2D eigenvalue weighted by atomic mass is 79.9. The van der Waals surface area contributed by atoms with E-state index in [1.54, 1.807) is 0 Å². The normalized spacial score (nSPS) is 18.1. The Labute approximate surface area is 106 Å². The topological polar surface area (TPSA) is 35.0 Å². The summed E-state index contributed by atoms with van der Waals surface area (Å²) in [5.41, 5.74) is 0. The molecule has 1 aliphatic heterocycles. The van der Waals surface area contributed by atoms with Crippen LogP contribution in [0.5, 0.6) is 0 Å². The van der Waals surface area contributed by atoms with E-state index in [-0.39, 0.29) is 0 Å². The monoisotopic (exact) mass is 310 g/mol. The van der Waals surface area contributed by atoms with Crippen molar-refractivity contribution in [3.8, 4) is 0 Å². The van der Waals surface area contributed by atoms with E-state index < -0.39 is 0 Å². The minimum absolute atomic E-state index is 0.307. The Morgan fingerprint density at radius 3 is 2.20 bits per heavy atom. The van der Waals surface area contributed by atoms with Gasteiger partial charge in [0.05, 0.1) is 4.47 Å². The number of aromatic nitrogens is 2. The molecular weight excluding hydrogens is 303 g/mol. The molecule has 1 aromatic heterocycles. The van der Waals surface area contributed by atoms with Crippen molar-refractivity contribution in [2.24, 2.45) is 0 Å². The molecule has 1 aromatic rings. The fourth-order valence-corrected chi connectivity index (χ4v) is 2.13. The molecule has 1 aliphatic rings. The van der Waals surface area contributed by atoms with Gasteiger partial charge in [-0.25, -0.2) is 9.97 Å². The molecule has 0 spiro atoms. The van der Waals surface area contributed by atoms with Crippen molar-refractivity contribution in [2.45, 2.75) is 18.8 Å². The van der Waals surface area contributed by atoms with Crippen LogP contribution in [-0.4, -0.2) is 23.2 Å². The van der Waals surface area contributed by atoms with Gasteiger partial charge in [-0.3, -0.25) is 0 Å². The first-order chi connectivity index (χ1) is 7.18. The number of halogens is 3. The first kappa shape index (κ1) is 11.6. The fourth-order valence-electron chi connectivity index (χ4n) is 1.55. The van der Waals surface area contributed by atoms with Gasteiger partial charge < -0.3 is 4.74 Å². The van der Waals surface area contributed by atoms with Crippen molar-refractivity contribution in [3.63, 3.8) is 0 Å². The van der Waals surface area contributed by atoms with Crippen molar-refractivity contribution in [1.82, 2.24) is 9.97 Å². The Balaban J connectivity index is 2.27. The van der Waals surface area contributed by atoms with E-state index in [4.69, 9.17) is 27.9 Å². The second kappa shape index (κ2) is 4.95. The first-order valence-corrected chi connectivity index (χ1v) is 6.19. The molecule has 2 heterocycles. The second-order valence-corrected chi connectivity index (χ2v) is 4.87. The first-order valence-electron chi connectivity index (χ1n) is 4.64. The third-order valence-electron chi connectivity index (χ3n) is 2.37. The van der Waals surface area contributed by atoms with E-state index in [2.05, 4.69) is 25.9 Å². The second-order valence-electron chi connectivity index (χ2n) is 3.36. The SMILES string of the molecule is Clc1nc(C2CCOCC2)nc(Cl)c1Br. The third-order valence-corrected chi connectivity index (χ3v) is 4.13. The van der Waals surface area contributed by atoms with E-state index in [1.165, 1.54) is 0 Å². The highest BCUT2D eigenvalue weighted by molar-refractivity contribution is 9.10. The molecule has 15 heavy (non-hydrogen) atoms. The van der Waals surface area contributed by atoms with Gasteiger partial charge in [-0.2, -0.15) is 0 Å². The number of hydrogen-bond acceptors (Lipinski definition) is 3. The molecule has 0 aliphatic carbocycles. The van der Waals surface area contributed by atoms with Crippen LogP contribution in [0.3, 0.4) is 0 Å². The molecule has 0 atom stereocenters. The lowest BCUT2D eigenvalue weighted by Crippen LogP contribution is -2.16. The number of rotatable bonds is 1. The summed E-state index contributed by atoms with van der Waals surface area (Å²) in [7, 11) is 0. The molecule has 0 bridgehead atoms. The summed E-state index contributed by atoms with van der Waals surface area (Å²) in [5.74, 6) is 1.03. The maximum absolute atomic E-state index is 5.92. The smallest absolute Gasteiger partial charge is 0.148 e. The quantitative estimate of drug-likeness (QED) is 0.745. The zero-order chi connectivity index (χ0) is 10.8.